The van der Waals surface area contributed by atoms with E-state index in [2.05, 4.69) is 21.2 Å². The van der Waals surface area contributed by atoms with Crippen molar-refractivity contribution in [3.63, 3.8) is 0 Å². The van der Waals surface area contributed by atoms with Gasteiger partial charge in [-0.1, -0.05) is 40.2 Å². The van der Waals surface area contributed by atoms with Crippen molar-refractivity contribution in [1.82, 2.24) is 5.32 Å². The number of hydrogen-bond donors (Lipinski definition) is 1. The van der Waals surface area contributed by atoms with Gasteiger partial charge in [0.25, 0.3) is 5.91 Å². The Morgan fingerprint density at radius 1 is 1.29 bits per heavy atom. The van der Waals surface area contributed by atoms with Gasteiger partial charge in [0.2, 0.25) is 0 Å². The molecule has 2 aromatic rings. The third kappa shape index (κ3) is 4.56. The lowest BCUT2D eigenvalue weighted by molar-refractivity contribution is -0.123. The number of carbonyl (C=O) groups is 1. The lowest BCUT2D eigenvalue weighted by atomic mass is 10.1. The molecule has 0 aromatic heterocycles. The van der Waals surface area contributed by atoms with Gasteiger partial charge in [-0.05, 0) is 36.8 Å². The minimum atomic E-state index is -0.481. The van der Waals surface area contributed by atoms with E-state index in [1.165, 1.54) is 12.1 Å². The highest BCUT2D eigenvalue weighted by molar-refractivity contribution is 9.10. The monoisotopic (exact) mass is 351 g/mol. The van der Waals surface area contributed by atoms with Crippen LogP contribution in [0.4, 0.5) is 4.39 Å². The second kappa shape index (κ2) is 7.22. The molecule has 0 saturated heterocycles. The van der Waals surface area contributed by atoms with Crippen LogP contribution in [0.1, 0.15) is 18.5 Å². The van der Waals surface area contributed by atoms with Crippen molar-refractivity contribution < 1.29 is 13.9 Å². The van der Waals surface area contributed by atoms with Gasteiger partial charge in [-0.15, -0.1) is 0 Å². The molecule has 0 heterocycles. The molecule has 0 aliphatic rings. The average molecular weight is 352 g/mol. The Morgan fingerprint density at radius 2 is 2.05 bits per heavy atom. The van der Waals surface area contributed by atoms with Crippen molar-refractivity contribution in [2.24, 2.45) is 0 Å². The van der Waals surface area contributed by atoms with E-state index in [9.17, 15) is 9.18 Å². The fourth-order valence-electron chi connectivity index (χ4n) is 1.85. The number of hydrogen-bond acceptors (Lipinski definition) is 2. The van der Waals surface area contributed by atoms with Gasteiger partial charge in [0.1, 0.15) is 0 Å². The fraction of sp³-hybridized carbons (Fsp3) is 0.188. The zero-order chi connectivity index (χ0) is 15.2. The third-order valence-electron chi connectivity index (χ3n) is 2.92. The molecule has 0 saturated carbocycles. The van der Waals surface area contributed by atoms with Gasteiger partial charge in [0.15, 0.2) is 18.2 Å². The Morgan fingerprint density at radius 3 is 2.76 bits per heavy atom. The number of amides is 1. The van der Waals surface area contributed by atoms with Crippen LogP contribution < -0.4 is 10.1 Å². The molecule has 2 aromatic carbocycles. The van der Waals surface area contributed by atoms with Crippen molar-refractivity contribution in [2.75, 3.05) is 6.61 Å². The predicted octanol–water partition coefficient (Wildman–Crippen LogP) is 3.84. The number of carbonyl (C=O) groups excluding carboxylic acids is 1. The maximum Gasteiger partial charge on any atom is 0.258 e. The van der Waals surface area contributed by atoms with Crippen LogP contribution in [0, 0.1) is 5.82 Å². The summed E-state index contributed by atoms with van der Waals surface area (Å²) in [5.41, 5.74) is 0.976. The Balaban J connectivity index is 1.89. The standard InChI is InChI=1S/C16H15BrFNO2/c1-11(12-5-4-6-13(17)9-12)19-16(20)10-21-15-8-3-2-7-14(15)18/h2-9,11H,10H2,1H3,(H,19,20). The van der Waals surface area contributed by atoms with Gasteiger partial charge in [-0.3, -0.25) is 4.79 Å². The molecule has 2 rings (SSSR count). The second-order valence-electron chi connectivity index (χ2n) is 4.56. The summed E-state index contributed by atoms with van der Waals surface area (Å²) in [7, 11) is 0. The molecule has 0 fully saturated rings. The molecule has 3 nitrogen and oxygen atoms in total. The first kappa shape index (κ1) is 15.5. The van der Waals surface area contributed by atoms with Gasteiger partial charge in [-0.25, -0.2) is 4.39 Å². The molecule has 0 aliphatic carbocycles. The quantitative estimate of drug-likeness (QED) is 0.888. The maximum absolute atomic E-state index is 13.4. The Bertz CT molecular complexity index is 633. The Hall–Kier alpha value is -1.88. The first-order valence-electron chi connectivity index (χ1n) is 6.48. The minimum Gasteiger partial charge on any atom is -0.481 e. The van der Waals surface area contributed by atoms with Crippen LogP contribution in [0.2, 0.25) is 0 Å². The molecule has 5 heteroatoms. The van der Waals surface area contributed by atoms with E-state index >= 15 is 0 Å². The van der Waals surface area contributed by atoms with E-state index in [0.29, 0.717) is 0 Å². The minimum absolute atomic E-state index is 0.0720. The van der Waals surface area contributed by atoms with Crippen LogP contribution in [0.5, 0.6) is 5.75 Å². The van der Waals surface area contributed by atoms with Crippen LogP contribution in [-0.4, -0.2) is 12.5 Å². The highest BCUT2D eigenvalue weighted by Crippen LogP contribution is 2.18. The fourth-order valence-corrected chi connectivity index (χ4v) is 2.26. The van der Waals surface area contributed by atoms with Crippen LogP contribution in [0.25, 0.3) is 0 Å². The van der Waals surface area contributed by atoms with Gasteiger partial charge < -0.3 is 10.1 Å². The smallest absolute Gasteiger partial charge is 0.258 e. The van der Waals surface area contributed by atoms with Crippen LogP contribution in [-0.2, 0) is 4.79 Å². The predicted molar refractivity (Wildman–Crippen MR) is 82.6 cm³/mol. The number of para-hydroxylation sites is 1. The summed E-state index contributed by atoms with van der Waals surface area (Å²) < 4.78 is 19.5. The molecule has 1 unspecified atom stereocenters. The summed E-state index contributed by atoms with van der Waals surface area (Å²) >= 11 is 3.39. The highest BCUT2D eigenvalue weighted by Gasteiger charge is 2.11. The van der Waals surface area contributed by atoms with Gasteiger partial charge >= 0.3 is 0 Å². The van der Waals surface area contributed by atoms with Gasteiger partial charge in [0.05, 0.1) is 6.04 Å². The molecule has 0 bridgehead atoms. The van der Waals surface area contributed by atoms with E-state index in [1.807, 2.05) is 31.2 Å². The van der Waals surface area contributed by atoms with E-state index in [1.54, 1.807) is 12.1 Å². The Kier molecular flexibility index (Phi) is 5.33. The van der Waals surface area contributed by atoms with Crippen LogP contribution in [0.3, 0.4) is 0 Å². The van der Waals surface area contributed by atoms with E-state index < -0.39 is 5.82 Å². The molecule has 0 spiro atoms. The lowest BCUT2D eigenvalue weighted by Gasteiger charge is -2.15. The van der Waals surface area contributed by atoms with Crippen molar-refractivity contribution >= 4 is 21.8 Å². The van der Waals surface area contributed by atoms with Gasteiger partial charge in [-0.2, -0.15) is 0 Å². The highest BCUT2D eigenvalue weighted by atomic mass is 79.9. The molecule has 110 valence electrons. The van der Waals surface area contributed by atoms with Gasteiger partial charge in [0, 0.05) is 4.47 Å². The van der Waals surface area contributed by atoms with Crippen molar-refractivity contribution in [1.29, 1.82) is 0 Å². The number of nitrogens with one attached hydrogen (secondary N) is 1. The SMILES string of the molecule is CC(NC(=O)COc1ccccc1F)c1cccc(Br)c1. The van der Waals surface area contributed by atoms with Crippen LogP contribution in [0.15, 0.2) is 53.0 Å². The first-order chi connectivity index (χ1) is 10.1. The normalized spacial score (nSPS) is 11.8. The summed E-state index contributed by atoms with van der Waals surface area (Å²) in [5, 5.41) is 2.81. The molecular weight excluding hydrogens is 337 g/mol. The molecular formula is C16H15BrFNO2. The largest absolute Gasteiger partial charge is 0.481 e. The summed E-state index contributed by atoms with van der Waals surface area (Å²) in [6.07, 6.45) is 0. The maximum atomic E-state index is 13.4. The van der Waals surface area contributed by atoms with E-state index in [4.69, 9.17) is 4.74 Å². The lowest BCUT2D eigenvalue weighted by Crippen LogP contribution is -2.31. The first-order valence-corrected chi connectivity index (χ1v) is 7.27. The van der Waals surface area contributed by atoms with Crippen molar-refractivity contribution in [2.45, 2.75) is 13.0 Å². The molecule has 1 N–H and O–H groups in total. The third-order valence-corrected chi connectivity index (χ3v) is 3.41. The molecule has 0 aliphatic heterocycles. The number of rotatable bonds is 5. The molecule has 1 atom stereocenters. The van der Waals surface area contributed by atoms with E-state index in [0.717, 1.165) is 10.0 Å². The molecule has 0 radical (unpaired) electrons. The summed E-state index contributed by atoms with van der Waals surface area (Å²) in [6, 6.07) is 13.5. The zero-order valence-corrected chi connectivity index (χ0v) is 13.1. The average Bonchev–Trinajstić information content (AvgIpc) is 2.46. The summed E-state index contributed by atoms with van der Waals surface area (Å²) in [4.78, 5) is 11.8. The number of ether oxygens (including phenoxy) is 1. The number of benzene rings is 2. The molecule has 21 heavy (non-hydrogen) atoms. The topological polar surface area (TPSA) is 38.3 Å². The van der Waals surface area contributed by atoms with Crippen LogP contribution >= 0.6 is 15.9 Å². The molecule has 1 amide bonds. The van der Waals surface area contributed by atoms with Crippen molar-refractivity contribution in [3.05, 3.63) is 64.4 Å². The summed E-state index contributed by atoms with van der Waals surface area (Å²) in [6.45, 7) is 1.65. The zero-order valence-electron chi connectivity index (χ0n) is 11.5. The number of halogens is 2. The summed E-state index contributed by atoms with van der Waals surface area (Å²) in [5.74, 6) is -0.709. The second-order valence-corrected chi connectivity index (χ2v) is 5.48. The van der Waals surface area contributed by atoms with E-state index in [-0.39, 0.29) is 24.3 Å². The Labute approximate surface area is 131 Å². The van der Waals surface area contributed by atoms with Crippen molar-refractivity contribution in [3.8, 4) is 5.75 Å².